The predicted molar refractivity (Wildman–Crippen MR) is 161 cm³/mol. The molecule has 2 N–H and O–H groups in total. The minimum absolute atomic E-state index is 0.223. The van der Waals surface area contributed by atoms with E-state index in [2.05, 4.69) is 12.2 Å². The first kappa shape index (κ1) is 30.6. The fourth-order valence-electron chi connectivity index (χ4n) is 5.15. The van der Waals surface area contributed by atoms with Gasteiger partial charge < -0.3 is 15.2 Å². The van der Waals surface area contributed by atoms with Gasteiger partial charge in [0.15, 0.2) is 0 Å². The Hall–Kier alpha value is -1.96. The third kappa shape index (κ3) is 9.35. The predicted octanol–water partition coefficient (Wildman–Crippen LogP) is 7.21. The van der Waals surface area contributed by atoms with Crippen molar-refractivity contribution in [2.75, 3.05) is 23.5 Å². The Labute approximate surface area is 236 Å². The molecule has 0 radical (unpaired) electrons. The zero-order valence-electron chi connectivity index (χ0n) is 23.0. The summed E-state index contributed by atoms with van der Waals surface area (Å²) in [5, 5.41) is 12.4. The molecule has 1 aliphatic rings. The third-order valence-corrected chi connectivity index (χ3v) is 8.95. The summed E-state index contributed by atoms with van der Waals surface area (Å²) >= 11 is 3.50. The summed E-state index contributed by atoms with van der Waals surface area (Å²) in [7, 11) is 0. The van der Waals surface area contributed by atoms with Gasteiger partial charge in [-0.25, -0.2) is 4.79 Å². The average molecular weight is 558 g/mol. The van der Waals surface area contributed by atoms with E-state index in [0.717, 1.165) is 46.1 Å². The number of carboxylic acids is 1. The van der Waals surface area contributed by atoms with Crippen LogP contribution >= 0.6 is 23.5 Å². The van der Waals surface area contributed by atoms with E-state index >= 15 is 0 Å². The van der Waals surface area contributed by atoms with Crippen LogP contribution in [0, 0.1) is 12.8 Å². The summed E-state index contributed by atoms with van der Waals surface area (Å²) in [6.45, 7) is 4.71. The Balaban J connectivity index is 1.82. The summed E-state index contributed by atoms with van der Waals surface area (Å²) in [5.74, 6) is 2.14. The van der Waals surface area contributed by atoms with Crippen LogP contribution in [0.25, 0.3) is 11.1 Å². The van der Waals surface area contributed by atoms with Crippen LogP contribution in [-0.2, 0) is 16.1 Å². The van der Waals surface area contributed by atoms with Crippen molar-refractivity contribution in [3.05, 3.63) is 59.2 Å². The quantitative estimate of drug-likeness (QED) is 0.241. The molecule has 7 heteroatoms. The second-order valence-electron chi connectivity index (χ2n) is 10.2. The Morgan fingerprint density at radius 2 is 1.87 bits per heavy atom. The van der Waals surface area contributed by atoms with E-state index in [9.17, 15) is 14.7 Å². The topological polar surface area (TPSA) is 75.6 Å². The fraction of sp³-hybridized carbons (Fsp3) is 0.548. The number of ether oxygens (including phenoxy) is 1. The highest BCUT2D eigenvalue weighted by molar-refractivity contribution is 7.99. The lowest BCUT2D eigenvalue weighted by molar-refractivity contribution is -0.139. The lowest BCUT2D eigenvalue weighted by atomic mass is 9.85. The maximum Gasteiger partial charge on any atom is 0.326 e. The minimum Gasteiger partial charge on any atom is -0.480 e. The Morgan fingerprint density at radius 1 is 1.11 bits per heavy atom. The average Bonchev–Trinajstić information content (AvgIpc) is 2.93. The van der Waals surface area contributed by atoms with Crippen LogP contribution in [0.15, 0.2) is 42.5 Å². The molecule has 0 saturated heterocycles. The van der Waals surface area contributed by atoms with E-state index in [1.165, 1.54) is 32.1 Å². The molecule has 2 aromatic rings. The molecule has 1 saturated carbocycles. The Morgan fingerprint density at radius 3 is 2.55 bits per heavy atom. The van der Waals surface area contributed by atoms with Crippen LogP contribution in [0.4, 0.5) is 0 Å². The van der Waals surface area contributed by atoms with Gasteiger partial charge in [-0.2, -0.15) is 23.5 Å². The molecule has 5 nitrogen and oxygen atoms in total. The second-order valence-corrected chi connectivity index (χ2v) is 12.5. The van der Waals surface area contributed by atoms with Gasteiger partial charge in [0.25, 0.3) is 5.91 Å². The number of carboxylic acid groups (broad SMARTS) is 1. The lowest BCUT2D eigenvalue weighted by Crippen LogP contribution is -2.41. The van der Waals surface area contributed by atoms with Crippen LogP contribution in [0.2, 0.25) is 0 Å². The molecule has 1 fully saturated rings. The van der Waals surface area contributed by atoms with Crippen molar-refractivity contribution in [3.63, 3.8) is 0 Å². The standard InChI is InChI=1S/C31H43NO4S2/c1-4-38-21-25(18-23-11-6-5-7-12-23)36-20-24-14-15-27(28(19-24)26-13-9-8-10-22(26)2)30(33)32-29(31(34)35)16-17-37-3/h8-10,13-15,19,23,25,29H,4-7,11-12,16-18,20-21H2,1-3H3,(H,32,33)(H,34,35)/t25-,29-/m0/s1. The molecule has 0 heterocycles. The lowest BCUT2D eigenvalue weighted by Gasteiger charge is -2.26. The van der Waals surface area contributed by atoms with E-state index in [4.69, 9.17) is 4.74 Å². The number of benzene rings is 2. The maximum atomic E-state index is 13.3. The summed E-state index contributed by atoms with van der Waals surface area (Å²) in [5.41, 5.74) is 4.34. The van der Waals surface area contributed by atoms with E-state index in [0.29, 0.717) is 24.3 Å². The Bertz CT molecular complexity index is 1040. The van der Waals surface area contributed by atoms with Gasteiger partial charge in [0.1, 0.15) is 6.04 Å². The molecule has 3 rings (SSSR count). The third-order valence-electron chi connectivity index (χ3n) is 7.29. The number of carbonyl (C=O) groups excluding carboxylic acids is 1. The maximum absolute atomic E-state index is 13.3. The van der Waals surface area contributed by atoms with Gasteiger partial charge in [0, 0.05) is 11.3 Å². The van der Waals surface area contributed by atoms with Crippen LogP contribution in [0.1, 0.15) is 73.4 Å². The number of carbonyl (C=O) groups is 2. The van der Waals surface area contributed by atoms with Gasteiger partial charge in [0.05, 0.1) is 12.7 Å². The zero-order chi connectivity index (χ0) is 27.3. The molecule has 208 valence electrons. The first-order chi connectivity index (χ1) is 18.4. The molecule has 0 unspecified atom stereocenters. The largest absolute Gasteiger partial charge is 0.480 e. The molecule has 38 heavy (non-hydrogen) atoms. The van der Waals surface area contributed by atoms with Crippen LogP contribution < -0.4 is 5.32 Å². The summed E-state index contributed by atoms with van der Waals surface area (Å²) in [6.07, 6.45) is 10.3. The molecule has 0 aromatic heterocycles. The zero-order valence-corrected chi connectivity index (χ0v) is 24.7. The number of hydrogen-bond donors (Lipinski definition) is 2. The molecular formula is C31H43NO4S2. The molecule has 2 atom stereocenters. The monoisotopic (exact) mass is 557 g/mol. The number of aliphatic carboxylic acids is 1. The molecule has 0 bridgehead atoms. The van der Waals surface area contributed by atoms with Crippen molar-refractivity contribution in [3.8, 4) is 11.1 Å². The smallest absolute Gasteiger partial charge is 0.326 e. The first-order valence-electron chi connectivity index (χ1n) is 13.8. The highest BCUT2D eigenvalue weighted by Gasteiger charge is 2.23. The van der Waals surface area contributed by atoms with Crippen LogP contribution in [0.5, 0.6) is 0 Å². The van der Waals surface area contributed by atoms with Crippen molar-refractivity contribution >= 4 is 35.4 Å². The Kier molecular flexibility index (Phi) is 13.0. The van der Waals surface area contributed by atoms with Crippen molar-refractivity contribution < 1.29 is 19.4 Å². The van der Waals surface area contributed by atoms with Gasteiger partial charge in [-0.3, -0.25) is 4.79 Å². The van der Waals surface area contributed by atoms with E-state index in [-0.39, 0.29) is 12.0 Å². The summed E-state index contributed by atoms with van der Waals surface area (Å²) in [4.78, 5) is 25.1. The summed E-state index contributed by atoms with van der Waals surface area (Å²) in [6, 6.07) is 12.9. The number of rotatable bonds is 15. The molecule has 2 aromatic carbocycles. The number of thioether (sulfide) groups is 2. The van der Waals surface area contributed by atoms with Crippen LogP contribution in [-0.4, -0.2) is 52.6 Å². The fourth-order valence-corrected chi connectivity index (χ4v) is 6.35. The summed E-state index contributed by atoms with van der Waals surface area (Å²) < 4.78 is 6.49. The molecule has 1 amide bonds. The number of nitrogens with one attached hydrogen (secondary N) is 1. The van der Waals surface area contributed by atoms with Crippen molar-refractivity contribution in [2.45, 2.75) is 77.5 Å². The van der Waals surface area contributed by atoms with Crippen molar-refractivity contribution in [1.29, 1.82) is 0 Å². The van der Waals surface area contributed by atoms with E-state index < -0.39 is 12.0 Å². The van der Waals surface area contributed by atoms with Gasteiger partial charge >= 0.3 is 5.97 Å². The SMILES string of the molecule is CCSC[C@H](CC1CCCCC1)OCc1ccc(C(=O)N[C@@H](CCSC)C(=O)O)c(-c2ccccc2C)c1. The normalized spacial score (nSPS) is 15.7. The van der Waals surface area contributed by atoms with Gasteiger partial charge in [0.2, 0.25) is 0 Å². The van der Waals surface area contributed by atoms with Gasteiger partial charge in [-0.15, -0.1) is 0 Å². The number of aryl methyl sites for hydroxylation is 1. The molecule has 0 spiro atoms. The molecule has 1 aliphatic carbocycles. The van der Waals surface area contributed by atoms with Crippen molar-refractivity contribution in [2.24, 2.45) is 5.92 Å². The van der Waals surface area contributed by atoms with Gasteiger partial charge in [-0.05, 0) is 77.8 Å². The highest BCUT2D eigenvalue weighted by Crippen LogP contribution is 2.31. The highest BCUT2D eigenvalue weighted by atomic mass is 32.2. The minimum atomic E-state index is -1.01. The number of hydrogen-bond acceptors (Lipinski definition) is 5. The van der Waals surface area contributed by atoms with E-state index in [1.54, 1.807) is 11.8 Å². The van der Waals surface area contributed by atoms with Crippen LogP contribution in [0.3, 0.4) is 0 Å². The molecular weight excluding hydrogens is 514 g/mol. The first-order valence-corrected chi connectivity index (χ1v) is 16.4. The molecule has 0 aliphatic heterocycles. The number of amides is 1. The van der Waals surface area contributed by atoms with Crippen molar-refractivity contribution in [1.82, 2.24) is 5.32 Å². The van der Waals surface area contributed by atoms with Gasteiger partial charge in [-0.1, -0.05) is 69.4 Å². The van der Waals surface area contributed by atoms with E-state index in [1.807, 2.05) is 67.4 Å². The second kappa shape index (κ2) is 16.2.